The summed E-state index contributed by atoms with van der Waals surface area (Å²) in [6.45, 7) is 4.38. The Kier molecular flexibility index (Phi) is 8.31. The van der Waals surface area contributed by atoms with Crippen LogP contribution < -0.4 is 4.74 Å². The number of hydrogen-bond donors (Lipinski definition) is 0. The zero-order valence-corrected chi connectivity index (χ0v) is 18.6. The average Bonchev–Trinajstić information content (AvgIpc) is 2.80. The quantitative estimate of drug-likeness (QED) is 0.312. The number of benzene rings is 2. The number of aryl methyl sites for hydroxylation is 1. The van der Waals surface area contributed by atoms with Gasteiger partial charge in [0.15, 0.2) is 0 Å². The van der Waals surface area contributed by atoms with E-state index in [0.717, 1.165) is 50.0 Å². The van der Waals surface area contributed by atoms with E-state index in [-0.39, 0.29) is 11.9 Å². The van der Waals surface area contributed by atoms with Crippen LogP contribution in [0.4, 0.5) is 0 Å². The molecule has 3 nitrogen and oxygen atoms in total. The maximum atomic E-state index is 12.6. The topological polar surface area (TPSA) is 50.1 Å². The summed E-state index contributed by atoms with van der Waals surface area (Å²) in [5.74, 6) is 7.17. The van der Waals surface area contributed by atoms with Crippen molar-refractivity contribution < 1.29 is 9.53 Å². The third-order valence-electron chi connectivity index (χ3n) is 6.04. The smallest absolute Gasteiger partial charge is 0.314 e. The van der Waals surface area contributed by atoms with Crippen LogP contribution >= 0.6 is 0 Å². The molecular weight excluding hydrogens is 382 g/mol. The molecule has 1 aliphatic rings. The van der Waals surface area contributed by atoms with Crippen LogP contribution in [0.2, 0.25) is 0 Å². The fraction of sp³-hybridized carbons (Fsp3) is 0.429. The van der Waals surface area contributed by atoms with Crippen LogP contribution in [0.15, 0.2) is 42.5 Å². The third-order valence-corrected chi connectivity index (χ3v) is 6.04. The maximum Gasteiger partial charge on any atom is 0.314 e. The largest absolute Gasteiger partial charge is 0.426 e. The highest BCUT2D eigenvalue weighted by molar-refractivity contribution is 5.75. The molecule has 2 aromatic rings. The van der Waals surface area contributed by atoms with Gasteiger partial charge in [0.1, 0.15) is 11.8 Å². The zero-order valence-electron chi connectivity index (χ0n) is 18.6. The number of hydrogen-bond acceptors (Lipinski definition) is 3. The van der Waals surface area contributed by atoms with Crippen LogP contribution in [0.5, 0.6) is 5.75 Å². The Hall–Kier alpha value is -3.04. The highest BCUT2D eigenvalue weighted by Crippen LogP contribution is 2.32. The Morgan fingerprint density at radius 3 is 2.35 bits per heavy atom. The van der Waals surface area contributed by atoms with Gasteiger partial charge in [0.25, 0.3) is 0 Å². The maximum absolute atomic E-state index is 12.6. The SMILES string of the molecule is CCCc1ccc(C#Cc2ccc(OC(=O)C3CCC(CCC)CC3)cc2C#N)cc1. The van der Waals surface area contributed by atoms with Crippen molar-refractivity contribution in [2.24, 2.45) is 11.8 Å². The number of ether oxygens (including phenoxy) is 1. The van der Waals surface area contributed by atoms with Crippen LogP contribution in [-0.2, 0) is 11.2 Å². The summed E-state index contributed by atoms with van der Waals surface area (Å²) < 4.78 is 5.61. The molecule has 0 aliphatic heterocycles. The monoisotopic (exact) mass is 413 g/mol. The number of esters is 1. The van der Waals surface area contributed by atoms with Gasteiger partial charge in [0.05, 0.1) is 11.5 Å². The molecule has 0 radical (unpaired) electrons. The van der Waals surface area contributed by atoms with Gasteiger partial charge < -0.3 is 4.74 Å². The van der Waals surface area contributed by atoms with Crippen LogP contribution in [-0.4, -0.2) is 5.97 Å². The fourth-order valence-corrected chi connectivity index (χ4v) is 4.27. The number of rotatable bonds is 6. The number of nitrogens with zero attached hydrogens (tertiary/aromatic N) is 1. The van der Waals surface area contributed by atoms with Crippen LogP contribution in [0, 0.1) is 35.0 Å². The van der Waals surface area contributed by atoms with Crippen molar-refractivity contribution in [2.45, 2.75) is 65.2 Å². The molecule has 1 saturated carbocycles. The van der Waals surface area contributed by atoms with E-state index in [0.29, 0.717) is 16.9 Å². The van der Waals surface area contributed by atoms with Crippen LogP contribution in [0.1, 0.15) is 81.0 Å². The van der Waals surface area contributed by atoms with Gasteiger partial charge in [-0.05, 0) is 73.9 Å². The molecular formula is C28H31NO2. The molecule has 2 aromatic carbocycles. The van der Waals surface area contributed by atoms with E-state index in [9.17, 15) is 10.1 Å². The van der Waals surface area contributed by atoms with Crippen molar-refractivity contribution in [3.05, 3.63) is 64.7 Å². The molecule has 0 N–H and O–H groups in total. The van der Waals surface area contributed by atoms with E-state index < -0.39 is 0 Å². The van der Waals surface area contributed by atoms with Crippen molar-refractivity contribution in [1.82, 2.24) is 0 Å². The van der Waals surface area contributed by atoms with Gasteiger partial charge in [0, 0.05) is 11.1 Å². The Morgan fingerprint density at radius 1 is 0.968 bits per heavy atom. The number of carbonyl (C=O) groups excluding carboxylic acids is 1. The molecule has 0 heterocycles. The van der Waals surface area contributed by atoms with Crippen molar-refractivity contribution in [3.8, 4) is 23.7 Å². The van der Waals surface area contributed by atoms with Gasteiger partial charge in [-0.25, -0.2) is 0 Å². The highest BCUT2D eigenvalue weighted by atomic mass is 16.5. The van der Waals surface area contributed by atoms with Crippen molar-refractivity contribution in [3.63, 3.8) is 0 Å². The van der Waals surface area contributed by atoms with E-state index in [1.165, 1.54) is 18.4 Å². The summed E-state index contributed by atoms with van der Waals surface area (Å²) in [4.78, 5) is 12.6. The van der Waals surface area contributed by atoms with E-state index in [1.54, 1.807) is 18.2 Å². The summed E-state index contributed by atoms with van der Waals surface area (Å²) in [7, 11) is 0. The van der Waals surface area contributed by atoms with Crippen LogP contribution in [0.25, 0.3) is 0 Å². The molecule has 0 aromatic heterocycles. The molecule has 0 spiro atoms. The van der Waals surface area contributed by atoms with Gasteiger partial charge in [-0.15, -0.1) is 0 Å². The van der Waals surface area contributed by atoms with Gasteiger partial charge >= 0.3 is 5.97 Å². The molecule has 31 heavy (non-hydrogen) atoms. The minimum absolute atomic E-state index is 0.0335. The molecule has 0 unspecified atom stereocenters. The Bertz CT molecular complexity index is 980. The lowest BCUT2D eigenvalue weighted by Crippen LogP contribution is -2.25. The van der Waals surface area contributed by atoms with Crippen molar-refractivity contribution in [2.75, 3.05) is 0 Å². The summed E-state index contributed by atoms with van der Waals surface area (Å²) in [6.07, 6.45) is 8.63. The Balaban J connectivity index is 1.64. The predicted molar refractivity (Wildman–Crippen MR) is 124 cm³/mol. The van der Waals surface area contributed by atoms with Gasteiger partial charge in [0.2, 0.25) is 0 Å². The van der Waals surface area contributed by atoms with Crippen molar-refractivity contribution >= 4 is 5.97 Å². The predicted octanol–water partition coefficient (Wildman–Crippen LogP) is 6.42. The summed E-state index contributed by atoms with van der Waals surface area (Å²) in [5, 5.41) is 9.54. The normalized spacial score (nSPS) is 17.8. The molecule has 1 aliphatic carbocycles. The van der Waals surface area contributed by atoms with Crippen molar-refractivity contribution in [1.29, 1.82) is 5.26 Å². The number of nitriles is 1. The average molecular weight is 414 g/mol. The standard InChI is InChI=1S/C28H31NO2/c1-3-5-21-7-9-23(10-8-21)11-14-24-17-18-27(19-26(24)20-29)31-28(30)25-15-12-22(6-4-2)13-16-25/h7-10,17-19,22,25H,3-6,12-13,15-16H2,1-2H3. The first-order chi connectivity index (χ1) is 15.1. The summed E-state index contributed by atoms with van der Waals surface area (Å²) >= 11 is 0. The molecule has 0 saturated heterocycles. The van der Waals surface area contributed by atoms with Gasteiger partial charge in [-0.1, -0.05) is 57.1 Å². The van der Waals surface area contributed by atoms with E-state index in [2.05, 4.69) is 43.9 Å². The second kappa shape index (κ2) is 11.4. The molecule has 3 rings (SSSR count). The van der Waals surface area contributed by atoms with E-state index in [4.69, 9.17) is 4.74 Å². The Labute approximate surface area is 186 Å². The molecule has 0 atom stereocenters. The minimum atomic E-state index is -0.176. The second-order valence-corrected chi connectivity index (χ2v) is 8.44. The first-order valence-corrected chi connectivity index (χ1v) is 11.5. The molecule has 160 valence electrons. The van der Waals surface area contributed by atoms with Gasteiger partial charge in [-0.2, -0.15) is 5.26 Å². The van der Waals surface area contributed by atoms with Crippen LogP contribution in [0.3, 0.4) is 0 Å². The third kappa shape index (κ3) is 6.47. The molecule has 3 heteroatoms. The molecule has 1 fully saturated rings. The summed E-state index contributed by atoms with van der Waals surface area (Å²) in [6, 6.07) is 15.5. The lowest BCUT2D eigenvalue weighted by Gasteiger charge is -2.26. The van der Waals surface area contributed by atoms with Gasteiger partial charge in [-0.3, -0.25) is 4.79 Å². The number of carbonyl (C=O) groups is 1. The fourth-order valence-electron chi connectivity index (χ4n) is 4.27. The Morgan fingerprint density at radius 2 is 1.71 bits per heavy atom. The van der Waals surface area contributed by atoms with E-state index >= 15 is 0 Å². The highest BCUT2D eigenvalue weighted by Gasteiger charge is 2.27. The van der Waals surface area contributed by atoms with E-state index in [1.807, 2.05) is 12.1 Å². The zero-order chi connectivity index (χ0) is 22.1. The summed E-state index contributed by atoms with van der Waals surface area (Å²) in [5.41, 5.74) is 3.28. The second-order valence-electron chi connectivity index (χ2n) is 8.44. The molecule has 0 bridgehead atoms. The first-order valence-electron chi connectivity index (χ1n) is 11.5. The molecule has 0 amide bonds. The lowest BCUT2D eigenvalue weighted by atomic mass is 9.80. The minimum Gasteiger partial charge on any atom is -0.426 e. The first kappa shape index (κ1) is 22.6. The lowest BCUT2D eigenvalue weighted by molar-refractivity contribution is -0.140.